The molecule has 5 N–H and O–H groups in total. The molecule has 0 spiro atoms. The fourth-order valence-electron chi connectivity index (χ4n) is 3.55. The van der Waals surface area contributed by atoms with E-state index in [9.17, 15) is 14.7 Å². The van der Waals surface area contributed by atoms with Gasteiger partial charge < -0.3 is 30.8 Å². The minimum atomic E-state index is -1.06. The van der Waals surface area contributed by atoms with Gasteiger partial charge in [0.05, 0.1) is 18.8 Å². The zero-order valence-electron chi connectivity index (χ0n) is 20.8. The number of hydrogen-bond donors (Lipinski definition) is 3. The molecule has 8 nitrogen and oxygen atoms in total. The molecule has 0 aliphatic heterocycles. The lowest BCUT2D eigenvalue weighted by atomic mass is 10.00. The average molecular weight is 505 g/mol. The van der Waals surface area contributed by atoms with Crippen LogP contribution in [-0.2, 0) is 11.2 Å². The molecule has 0 saturated carbocycles. The highest BCUT2D eigenvalue weighted by molar-refractivity contribution is 5.92. The van der Waals surface area contributed by atoms with Crippen LogP contribution in [0.2, 0.25) is 0 Å². The first kappa shape index (κ1) is 27.1. The maximum absolute atomic E-state index is 12.1. The molecule has 0 heterocycles. The molecule has 3 aromatic carbocycles. The van der Waals surface area contributed by atoms with Gasteiger partial charge in [0.2, 0.25) is 0 Å². The molecule has 0 amide bonds. The molecule has 8 heteroatoms. The van der Waals surface area contributed by atoms with Gasteiger partial charge in [-0.15, -0.1) is 0 Å². The minimum absolute atomic E-state index is 0.112. The van der Waals surface area contributed by atoms with E-state index in [0.717, 1.165) is 24.2 Å². The van der Waals surface area contributed by atoms with E-state index in [2.05, 4.69) is 6.92 Å². The topological polar surface area (TPSA) is 134 Å². The lowest BCUT2D eigenvalue weighted by molar-refractivity contribution is -0.128. The van der Waals surface area contributed by atoms with Crippen LogP contribution in [0, 0.1) is 0 Å². The summed E-state index contributed by atoms with van der Waals surface area (Å²) in [5.74, 6) is 0.294. The van der Waals surface area contributed by atoms with Crippen LogP contribution in [0.4, 0.5) is 11.4 Å². The van der Waals surface area contributed by atoms with Crippen molar-refractivity contribution in [1.29, 1.82) is 0 Å². The maximum Gasteiger partial charge on any atom is 0.336 e. The number of rotatable bonds is 13. The normalized spacial score (nSPS) is 10.8. The number of unbranched alkanes of at least 4 members (excludes halogenated alkanes) is 1. The predicted molar refractivity (Wildman–Crippen MR) is 144 cm³/mol. The van der Waals surface area contributed by atoms with Crippen molar-refractivity contribution in [3.63, 3.8) is 0 Å². The third kappa shape index (κ3) is 8.61. The molecule has 194 valence electrons. The molecular weight excluding hydrogens is 472 g/mol. The zero-order valence-corrected chi connectivity index (χ0v) is 20.8. The summed E-state index contributed by atoms with van der Waals surface area (Å²) < 4.78 is 16.7. The second-order valence-electron chi connectivity index (χ2n) is 8.39. The molecule has 0 aliphatic rings. The van der Waals surface area contributed by atoms with Crippen LogP contribution in [0.25, 0.3) is 6.08 Å². The van der Waals surface area contributed by atoms with Crippen LogP contribution in [0.3, 0.4) is 0 Å². The fourth-order valence-corrected chi connectivity index (χ4v) is 3.55. The first-order chi connectivity index (χ1) is 17.9. The first-order valence-corrected chi connectivity index (χ1v) is 12.1. The van der Waals surface area contributed by atoms with Crippen molar-refractivity contribution in [2.24, 2.45) is 0 Å². The largest absolute Gasteiger partial charge is 0.494 e. The number of carbonyl (C=O) groups excluding carboxylic acids is 1. The van der Waals surface area contributed by atoms with Crippen LogP contribution in [-0.4, -0.2) is 30.3 Å². The summed E-state index contributed by atoms with van der Waals surface area (Å²) in [5.41, 5.74) is 13.8. The van der Waals surface area contributed by atoms with Gasteiger partial charge in [0.15, 0.2) is 0 Å². The number of aromatic carboxylic acids is 1. The van der Waals surface area contributed by atoms with Crippen molar-refractivity contribution in [3.05, 3.63) is 83.4 Å². The smallest absolute Gasteiger partial charge is 0.336 e. The van der Waals surface area contributed by atoms with E-state index in [0.29, 0.717) is 54.5 Å². The highest BCUT2D eigenvalue weighted by Gasteiger charge is 2.14. The fraction of sp³-hybridized carbons (Fsp3) is 0.241. The molecule has 37 heavy (non-hydrogen) atoms. The molecule has 0 aromatic heterocycles. The van der Waals surface area contributed by atoms with Gasteiger partial charge in [0, 0.05) is 17.5 Å². The molecule has 0 bridgehead atoms. The van der Waals surface area contributed by atoms with Gasteiger partial charge >= 0.3 is 11.9 Å². The van der Waals surface area contributed by atoms with Gasteiger partial charge in [0.1, 0.15) is 17.2 Å². The van der Waals surface area contributed by atoms with Gasteiger partial charge in [0.25, 0.3) is 0 Å². The number of anilines is 2. The zero-order chi connectivity index (χ0) is 26.6. The summed E-state index contributed by atoms with van der Waals surface area (Å²) in [7, 11) is 0. The highest BCUT2D eigenvalue weighted by Crippen LogP contribution is 2.24. The molecule has 0 saturated heterocycles. The number of hydrogen-bond acceptors (Lipinski definition) is 7. The number of carboxylic acids is 1. The molecule has 0 atom stereocenters. The van der Waals surface area contributed by atoms with E-state index < -0.39 is 11.9 Å². The van der Waals surface area contributed by atoms with Gasteiger partial charge in [-0.1, -0.05) is 25.5 Å². The molecule has 0 unspecified atom stereocenters. The van der Waals surface area contributed by atoms with Crippen LogP contribution >= 0.6 is 0 Å². The predicted octanol–water partition coefficient (Wildman–Crippen LogP) is 5.36. The summed E-state index contributed by atoms with van der Waals surface area (Å²) in [4.78, 5) is 23.6. The third-order valence-electron chi connectivity index (χ3n) is 5.48. The standard InChI is InChI=1S/C29H32N2O6/c1-2-3-16-35-23-11-13-24(14-12-23)37-28(32)15-8-20-6-9-22(10-7-20)36-17-4-5-25-26(29(33)34)18-21(30)19-27(25)31/h6-15,18-19H,2-5,16-17,30-31H2,1H3,(H,33,34)/b15-8+. The van der Waals surface area contributed by atoms with E-state index >= 15 is 0 Å². The van der Waals surface area contributed by atoms with Gasteiger partial charge in [-0.3, -0.25) is 0 Å². The second-order valence-corrected chi connectivity index (χ2v) is 8.39. The summed E-state index contributed by atoms with van der Waals surface area (Å²) in [6, 6.07) is 17.1. The second kappa shape index (κ2) is 13.6. The Kier molecular flexibility index (Phi) is 9.96. The maximum atomic E-state index is 12.1. The van der Waals surface area contributed by atoms with E-state index in [1.807, 2.05) is 12.1 Å². The minimum Gasteiger partial charge on any atom is -0.494 e. The Bertz CT molecular complexity index is 1220. The van der Waals surface area contributed by atoms with E-state index in [-0.39, 0.29) is 5.56 Å². The van der Waals surface area contributed by atoms with Crippen molar-refractivity contribution in [2.75, 3.05) is 24.7 Å². The van der Waals surface area contributed by atoms with Crippen LogP contribution < -0.4 is 25.7 Å². The number of carbonyl (C=O) groups is 2. The highest BCUT2D eigenvalue weighted by atomic mass is 16.5. The van der Waals surface area contributed by atoms with Gasteiger partial charge in [-0.05, 0) is 85.0 Å². The molecular formula is C29H32N2O6. The molecule has 0 radical (unpaired) electrons. The Labute approximate surface area is 216 Å². The SMILES string of the molecule is CCCCOc1ccc(OC(=O)/C=C/c2ccc(OCCCc3c(N)cc(N)cc3C(=O)O)cc2)cc1. The molecule has 0 fully saturated rings. The quantitative estimate of drug-likeness (QED) is 0.0931. The van der Waals surface area contributed by atoms with Crippen molar-refractivity contribution >= 4 is 29.4 Å². The Balaban J connectivity index is 1.44. The lowest BCUT2D eigenvalue weighted by Gasteiger charge is -2.11. The Morgan fingerprint density at radius 2 is 1.46 bits per heavy atom. The van der Waals surface area contributed by atoms with Crippen molar-refractivity contribution in [2.45, 2.75) is 32.6 Å². The van der Waals surface area contributed by atoms with Crippen LogP contribution in [0.5, 0.6) is 17.2 Å². The number of carboxylic acid groups (broad SMARTS) is 1. The van der Waals surface area contributed by atoms with Crippen molar-refractivity contribution in [3.8, 4) is 17.2 Å². The summed E-state index contributed by atoms with van der Waals surface area (Å²) in [5, 5.41) is 9.39. The van der Waals surface area contributed by atoms with Gasteiger partial charge in [-0.2, -0.15) is 0 Å². The van der Waals surface area contributed by atoms with E-state index in [1.54, 1.807) is 48.5 Å². The summed E-state index contributed by atoms with van der Waals surface area (Å²) in [6.45, 7) is 3.15. The molecule has 3 aromatic rings. The van der Waals surface area contributed by atoms with Crippen molar-refractivity contribution < 1.29 is 28.9 Å². The Morgan fingerprint density at radius 3 is 2.08 bits per heavy atom. The first-order valence-electron chi connectivity index (χ1n) is 12.1. The molecule has 3 rings (SSSR count). The number of ether oxygens (including phenoxy) is 3. The van der Waals surface area contributed by atoms with Crippen molar-refractivity contribution in [1.82, 2.24) is 0 Å². The molecule has 0 aliphatic carbocycles. The van der Waals surface area contributed by atoms with Crippen LogP contribution in [0.1, 0.15) is 47.7 Å². The van der Waals surface area contributed by atoms with Gasteiger partial charge in [-0.25, -0.2) is 9.59 Å². The summed E-state index contributed by atoms with van der Waals surface area (Å²) in [6.07, 6.45) is 6.10. The lowest BCUT2D eigenvalue weighted by Crippen LogP contribution is -2.09. The Morgan fingerprint density at radius 1 is 0.865 bits per heavy atom. The van der Waals surface area contributed by atoms with Crippen LogP contribution in [0.15, 0.2) is 66.7 Å². The number of esters is 1. The number of nitrogens with two attached hydrogens (primary N) is 2. The third-order valence-corrected chi connectivity index (χ3v) is 5.48. The summed E-state index contributed by atoms with van der Waals surface area (Å²) >= 11 is 0. The van der Waals surface area contributed by atoms with E-state index in [1.165, 1.54) is 12.1 Å². The Hall–Kier alpha value is -4.46. The number of benzene rings is 3. The monoisotopic (exact) mass is 504 g/mol. The van der Waals surface area contributed by atoms with E-state index in [4.69, 9.17) is 25.7 Å². The number of nitrogen functional groups attached to an aromatic ring is 2. The average Bonchev–Trinajstić information content (AvgIpc) is 2.88.